The van der Waals surface area contributed by atoms with Crippen LogP contribution in [-0.2, 0) is 14.4 Å². The van der Waals surface area contributed by atoms with Crippen LogP contribution in [0.25, 0.3) is 21.7 Å². The van der Waals surface area contributed by atoms with Gasteiger partial charge in [0.2, 0.25) is 11.8 Å². The molecule has 13 nitrogen and oxygen atoms in total. The Bertz CT molecular complexity index is 2160. The Morgan fingerprint density at radius 3 is 2.33 bits per heavy atom. The van der Waals surface area contributed by atoms with E-state index >= 15 is 0 Å². The van der Waals surface area contributed by atoms with E-state index in [2.05, 4.69) is 63.2 Å². The number of carbonyl (C=O) groups is 3. The maximum Gasteiger partial charge on any atom is 0.227 e. The standard InChI is InChI=1S/C47H62N8O5S/c1-30(33-17-19-34(20-18-33)44-32(3)49-29-61-44)50-31(2)40-26-36(57)28-55(40)46(60)38(47(4,5)6)25-35(56)13-9-7-8-10-16-43(59)54-23-21-53(22-24-54)41-27-39(51-52-45(41)48)37-14-11-12-15-42(37)58/h11-12,14-15,17-20,27,29-30,36,38,40,50,57-58H,2,7-10,13,16,21-26,28H2,1,3-6H3,(H2,48,52)/t30-,36-,38+,40-/m0/s1. The van der Waals surface area contributed by atoms with Gasteiger partial charge >= 0.3 is 0 Å². The number of aromatic nitrogens is 3. The number of aliphatic hydroxyl groups excluding tert-OH is 1. The number of hydrogen-bond donors (Lipinski definition) is 4. The van der Waals surface area contributed by atoms with Gasteiger partial charge in [0.25, 0.3) is 0 Å². The number of hydrogen-bond acceptors (Lipinski definition) is 12. The van der Waals surface area contributed by atoms with Crippen molar-refractivity contribution < 1.29 is 24.6 Å². The van der Waals surface area contributed by atoms with E-state index in [1.165, 1.54) is 0 Å². The number of nitrogens with two attached hydrogens (primary N) is 1. The lowest BCUT2D eigenvalue weighted by Crippen LogP contribution is -2.49. The number of Topliss-reactive ketones (excluding diaryl/α,β-unsaturated/α-hetero) is 1. The number of rotatable bonds is 17. The van der Waals surface area contributed by atoms with Crippen LogP contribution < -0.4 is 16.0 Å². The molecule has 2 saturated heterocycles. The number of para-hydroxylation sites is 1. The molecule has 0 bridgehead atoms. The first kappa shape index (κ1) is 45.2. The summed E-state index contributed by atoms with van der Waals surface area (Å²) in [6, 6.07) is 16.7. The molecule has 2 aliphatic rings. The second kappa shape index (κ2) is 20.0. The second-order valence-corrected chi connectivity index (χ2v) is 18.5. The number of β-amino-alcohol motifs (C(OH)–C–C–N with tert-alkyl or cyclic N) is 1. The Labute approximate surface area is 364 Å². The summed E-state index contributed by atoms with van der Waals surface area (Å²) in [7, 11) is 0. The van der Waals surface area contributed by atoms with Crippen molar-refractivity contribution in [2.75, 3.05) is 43.4 Å². The number of phenols is 1. The molecule has 2 amide bonds. The molecule has 2 aromatic heterocycles. The number of nitrogens with one attached hydrogen (secondary N) is 1. The van der Waals surface area contributed by atoms with Crippen molar-refractivity contribution in [1.29, 1.82) is 0 Å². The van der Waals surface area contributed by atoms with Gasteiger partial charge in [-0.15, -0.1) is 21.5 Å². The van der Waals surface area contributed by atoms with Crippen LogP contribution in [0.5, 0.6) is 5.75 Å². The Morgan fingerprint density at radius 2 is 1.67 bits per heavy atom. The number of thiazole rings is 1. The maximum atomic E-state index is 14.2. The highest BCUT2D eigenvalue weighted by Gasteiger charge is 2.43. The van der Waals surface area contributed by atoms with Gasteiger partial charge in [0.15, 0.2) is 5.82 Å². The lowest BCUT2D eigenvalue weighted by atomic mass is 9.76. The fourth-order valence-electron chi connectivity index (χ4n) is 8.41. The number of amides is 2. The summed E-state index contributed by atoms with van der Waals surface area (Å²) in [5.74, 6) is -0.0675. The van der Waals surface area contributed by atoms with Crippen LogP contribution in [0.4, 0.5) is 11.5 Å². The molecule has 4 atom stereocenters. The van der Waals surface area contributed by atoms with E-state index < -0.39 is 23.5 Å². The van der Waals surface area contributed by atoms with Gasteiger partial charge in [0.1, 0.15) is 11.5 Å². The highest BCUT2D eigenvalue weighted by Crippen LogP contribution is 2.36. The predicted octanol–water partition coefficient (Wildman–Crippen LogP) is 7.30. The zero-order valence-electron chi connectivity index (χ0n) is 36.3. The minimum absolute atomic E-state index is 0.0544. The summed E-state index contributed by atoms with van der Waals surface area (Å²) >= 11 is 1.62. The maximum absolute atomic E-state index is 14.2. The SMILES string of the molecule is C=C(N[C@@H](C)c1ccc(-c2scnc2C)cc1)[C@@H]1C[C@H](O)CN1C(=O)[C@@H](CC(=O)CCCCCCC(=O)N1CCN(c2cc(-c3ccccc3O)nnc2N)CC1)C(C)(C)C. The van der Waals surface area contributed by atoms with Gasteiger partial charge in [-0.05, 0) is 61.4 Å². The highest BCUT2D eigenvalue weighted by molar-refractivity contribution is 7.13. The Hall–Kier alpha value is -5.34. The van der Waals surface area contributed by atoms with Crippen molar-refractivity contribution in [2.45, 2.75) is 104 Å². The molecule has 4 heterocycles. The monoisotopic (exact) mass is 850 g/mol. The number of benzene rings is 2. The minimum Gasteiger partial charge on any atom is -0.507 e. The summed E-state index contributed by atoms with van der Waals surface area (Å²) in [4.78, 5) is 51.9. The van der Waals surface area contributed by atoms with Gasteiger partial charge in [-0.2, -0.15) is 0 Å². The average molecular weight is 851 g/mol. The molecule has 5 N–H and O–H groups in total. The van der Waals surface area contributed by atoms with E-state index in [0.29, 0.717) is 74.6 Å². The number of anilines is 2. The third-order valence-electron chi connectivity index (χ3n) is 12.1. The van der Waals surface area contributed by atoms with Crippen molar-refractivity contribution in [3.05, 3.63) is 83.6 Å². The van der Waals surface area contributed by atoms with Crippen LogP contribution in [-0.4, -0.2) is 97.7 Å². The molecule has 0 unspecified atom stereocenters. The van der Waals surface area contributed by atoms with E-state index in [1.807, 2.05) is 50.2 Å². The number of phenolic OH excluding ortho intramolecular Hbond substituents is 1. The third-order valence-corrected chi connectivity index (χ3v) is 13.1. The van der Waals surface area contributed by atoms with Gasteiger partial charge < -0.3 is 36.0 Å². The Morgan fingerprint density at radius 1 is 0.984 bits per heavy atom. The van der Waals surface area contributed by atoms with Crippen molar-refractivity contribution in [2.24, 2.45) is 11.3 Å². The lowest BCUT2D eigenvalue weighted by molar-refractivity contribution is -0.142. The molecule has 0 spiro atoms. The van der Waals surface area contributed by atoms with Crippen LogP contribution in [0, 0.1) is 18.3 Å². The number of aliphatic hydroxyl groups is 1. The molecular weight excluding hydrogens is 789 g/mol. The number of carbonyl (C=O) groups excluding carboxylic acids is 3. The first-order chi connectivity index (χ1) is 29.1. The second-order valence-electron chi connectivity index (χ2n) is 17.6. The predicted molar refractivity (Wildman–Crippen MR) is 242 cm³/mol. The summed E-state index contributed by atoms with van der Waals surface area (Å²) in [6.45, 7) is 16.9. The van der Waals surface area contributed by atoms with Crippen LogP contribution in [0.15, 0.2) is 72.4 Å². The normalized spacial score (nSPS) is 17.9. The van der Waals surface area contributed by atoms with Gasteiger partial charge in [0, 0.05) is 81.6 Å². The molecule has 4 aromatic rings. The van der Waals surface area contributed by atoms with Gasteiger partial charge in [-0.25, -0.2) is 4.98 Å². The molecule has 0 saturated carbocycles. The number of aryl methyl sites for hydroxylation is 1. The highest BCUT2D eigenvalue weighted by atomic mass is 32.1. The number of ketones is 1. The average Bonchev–Trinajstić information content (AvgIpc) is 3.86. The van der Waals surface area contributed by atoms with Crippen LogP contribution in [0.2, 0.25) is 0 Å². The van der Waals surface area contributed by atoms with Crippen molar-refractivity contribution >= 4 is 40.4 Å². The topological polar surface area (TPSA) is 178 Å². The van der Waals surface area contributed by atoms with E-state index in [4.69, 9.17) is 5.73 Å². The number of aromatic hydroxyl groups is 1. The first-order valence-corrected chi connectivity index (χ1v) is 22.4. The molecule has 2 aliphatic heterocycles. The summed E-state index contributed by atoms with van der Waals surface area (Å²) in [5.41, 5.74) is 13.3. The smallest absolute Gasteiger partial charge is 0.227 e. The molecule has 326 valence electrons. The summed E-state index contributed by atoms with van der Waals surface area (Å²) in [6.07, 6.45) is 3.80. The first-order valence-electron chi connectivity index (χ1n) is 21.5. The van der Waals surface area contributed by atoms with Crippen LogP contribution in [0.3, 0.4) is 0 Å². The van der Waals surface area contributed by atoms with Gasteiger partial charge in [-0.3, -0.25) is 14.4 Å². The van der Waals surface area contributed by atoms with Crippen LogP contribution in [0.1, 0.15) is 96.4 Å². The number of nitrogen functional groups attached to an aromatic ring is 1. The Kier molecular flexibility index (Phi) is 14.8. The summed E-state index contributed by atoms with van der Waals surface area (Å²) < 4.78 is 0. The fraction of sp³-hybridized carbons (Fsp3) is 0.489. The van der Waals surface area contributed by atoms with Crippen molar-refractivity contribution in [3.8, 4) is 27.4 Å². The van der Waals surface area contributed by atoms with Gasteiger partial charge in [-0.1, -0.05) is 76.6 Å². The molecule has 2 fully saturated rings. The third kappa shape index (κ3) is 11.3. The zero-order chi connectivity index (χ0) is 43.8. The quantitative estimate of drug-likeness (QED) is 0.0784. The molecule has 14 heteroatoms. The van der Waals surface area contributed by atoms with E-state index in [9.17, 15) is 24.6 Å². The van der Waals surface area contributed by atoms with Crippen LogP contribution >= 0.6 is 11.3 Å². The molecule has 6 rings (SSSR count). The molecule has 0 aliphatic carbocycles. The van der Waals surface area contributed by atoms with Gasteiger partial charge in [0.05, 0.1) is 39.6 Å². The lowest BCUT2D eigenvalue weighted by Gasteiger charge is -2.36. The fourth-order valence-corrected chi connectivity index (χ4v) is 9.23. The molecule has 2 aromatic carbocycles. The molecular formula is C47H62N8O5S. The van der Waals surface area contributed by atoms with E-state index in [-0.39, 0.29) is 42.4 Å². The van der Waals surface area contributed by atoms with E-state index in [1.54, 1.807) is 34.4 Å². The van der Waals surface area contributed by atoms with Crippen molar-refractivity contribution in [3.63, 3.8) is 0 Å². The molecule has 61 heavy (non-hydrogen) atoms. The minimum atomic E-state index is -0.674. The largest absolute Gasteiger partial charge is 0.507 e. The summed E-state index contributed by atoms with van der Waals surface area (Å²) in [5, 5.41) is 32.8. The van der Waals surface area contributed by atoms with Crippen molar-refractivity contribution in [1.82, 2.24) is 30.3 Å². The number of nitrogens with zero attached hydrogens (tertiary/aromatic N) is 6. The molecule has 0 radical (unpaired) electrons. The number of piperazine rings is 1. The number of unbranched alkanes of at least 4 members (excludes halogenated alkanes) is 3. The van der Waals surface area contributed by atoms with E-state index in [0.717, 1.165) is 46.6 Å². The Balaban J connectivity index is 0.922. The zero-order valence-corrected chi connectivity index (χ0v) is 37.1. The number of likely N-dealkylation sites (tertiary alicyclic amines) is 1.